The van der Waals surface area contributed by atoms with Crippen molar-refractivity contribution >= 4 is 16.2 Å². The highest BCUT2D eigenvalue weighted by atomic mass is 32.2. The Hall–Kier alpha value is -1.02. The molecular formula is C21H41NO10S. The van der Waals surface area contributed by atoms with Gasteiger partial charge in [0, 0.05) is 6.04 Å². The van der Waals surface area contributed by atoms with Crippen molar-refractivity contribution in [1.82, 2.24) is 5.32 Å². The number of alkyl carbamates (subject to hydrolysis) is 1. The van der Waals surface area contributed by atoms with E-state index in [1.54, 1.807) is 0 Å². The van der Waals surface area contributed by atoms with Gasteiger partial charge in [-0.25, -0.2) is 4.79 Å². The molecular weight excluding hydrogens is 458 g/mol. The lowest BCUT2D eigenvalue weighted by atomic mass is 9.77. The number of hydrogen-bond acceptors (Lipinski definition) is 9. The zero-order valence-electron chi connectivity index (χ0n) is 20.2. The molecule has 1 unspecified atom stereocenters. The zero-order valence-corrected chi connectivity index (χ0v) is 21.1. The first-order valence-corrected chi connectivity index (χ1v) is 12.9. The molecule has 12 heteroatoms. The van der Waals surface area contributed by atoms with Gasteiger partial charge < -0.3 is 33.7 Å². The van der Waals surface area contributed by atoms with Gasteiger partial charge in [-0.05, 0) is 46.5 Å². The predicted molar refractivity (Wildman–Crippen MR) is 121 cm³/mol. The van der Waals surface area contributed by atoms with Crippen molar-refractivity contribution in [2.24, 2.45) is 5.92 Å². The third-order valence-corrected chi connectivity index (χ3v) is 5.45. The lowest BCUT2D eigenvalue weighted by Gasteiger charge is -2.39. The van der Waals surface area contributed by atoms with E-state index in [1.165, 1.54) is 0 Å². The molecule has 1 saturated carbocycles. The number of amides is 1. The molecule has 11 nitrogen and oxygen atoms in total. The summed E-state index contributed by atoms with van der Waals surface area (Å²) in [4.78, 5) is 11.8. The summed E-state index contributed by atoms with van der Waals surface area (Å²) in [5, 5.41) is 2.88. The average molecular weight is 500 g/mol. The Labute approximate surface area is 197 Å². The Morgan fingerprint density at radius 2 is 1.36 bits per heavy atom. The molecule has 0 bridgehead atoms. The fourth-order valence-corrected chi connectivity index (χ4v) is 3.32. The number of rotatable bonds is 18. The van der Waals surface area contributed by atoms with Gasteiger partial charge in [-0.1, -0.05) is 0 Å². The van der Waals surface area contributed by atoms with Crippen LogP contribution in [0.15, 0.2) is 0 Å². The summed E-state index contributed by atoms with van der Waals surface area (Å²) < 4.78 is 61.7. The van der Waals surface area contributed by atoms with Crippen molar-refractivity contribution in [3.63, 3.8) is 0 Å². The normalized spacial score (nSPS) is 19.7. The van der Waals surface area contributed by atoms with Gasteiger partial charge in [0.15, 0.2) is 0 Å². The molecule has 1 aliphatic rings. The molecule has 0 aromatic heterocycles. The fraction of sp³-hybridized carbons (Fsp3) is 0.952. The van der Waals surface area contributed by atoms with Crippen LogP contribution in [0, 0.1) is 5.92 Å². The first kappa shape index (κ1) is 30.0. The van der Waals surface area contributed by atoms with E-state index < -0.39 is 21.5 Å². The van der Waals surface area contributed by atoms with Crippen LogP contribution in [-0.4, -0.2) is 102 Å². The van der Waals surface area contributed by atoms with Crippen molar-refractivity contribution in [1.29, 1.82) is 0 Å². The van der Waals surface area contributed by atoms with E-state index in [1.807, 2.05) is 27.7 Å². The fourth-order valence-electron chi connectivity index (χ4n) is 2.99. The lowest BCUT2D eigenvalue weighted by Crippen LogP contribution is -2.49. The average Bonchev–Trinajstić information content (AvgIpc) is 2.65. The number of ether oxygens (including phenoxy) is 6. The minimum Gasteiger partial charge on any atom is -0.444 e. The molecule has 2 N–H and O–H groups in total. The Morgan fingerprint density at radius 3 is 1.82 bits per heavy atom. The zero-order chi connectivity index (χ0) is 24.7. The van der Waals surface area contributed by atoms with E-state index >= 15 is 0 Å². The summed E-state index contributed by atoms with van der Waals surface area (Å²) in [7, 11) is -3.98. The van der Waals surface area contributed by atoms with Gasteiger partial charge in [-0.2, -0.15) is 8.42 Å². The first-order valence-electron chi connectivity index (χ1n) is 11.3. The number of carbonyl (C=O) groups excluding carboxylic acids is 1. The number of nitrogens with one attached hydrogen (secondary N) is 1. The summed E-state index contributed by atoms with van der Waals surface area (Å²) in [5.41, 5.74) is -0.491. The molecule has 0 radical (unpaired) electrons. The van der Waals surface area contributed by atoms with Crippen LogP contribution in [0.25, 0.3) is 0 Å². The van der Waals surface area contributed by atoms with E-state index in [0.29, 0.717) is 52.2 Å². The van der Waals surface area contributed by atoms with E-state index in [0.717, 1.165) is 12.8 Å². The van der Waals surface area contributed by atoms with Crippen LogP contribution in [0.1, 0.15) is 40.5 Å². The molecule has 196 valence electrons. The van der Waals surface area contributed by atoms with Gasteiger partial charge in [-0.3, -0.25) is 4.55 Å². The molecule has 0 heterocycles. The van der Waals surface area contributed by atoms with Crippen molar-refractivity contribution < 1.29 is 46.2 Å². The number of hydrogen-bond donors (Lipinski definition) is 2. The summed E-state index contributed by atoms with van der Waals surface area (Å²) in [6, 6.07) is 0.144. The molecule has 1 atom stereocenters. The minimum atomic E-state index is -3.98. The summed E-state index contributed by atoms with van der Waals surface area (Å²) in [6.07, 6.45) is 1.50. The Kier molecular flexibility index (Phi) is 14.4. The Balaban J connectivity index is 1.84. The molecule has 0 aromatic carbocycles. The first-order chi connectivity index (χ1) is 15.5. The maximum atomic E-state index is 11.8. The van der Waals surface area contributed by atoms with Gasteiger partial charge in [0.25, 0.3) is 10.1 Å². The third kappa shape index (κ3) is 17.1. The van der Waals surface area contributed by atoms with Crippen LogP contribution >= 0.6 is 0 Å². The van der Waals surface area contributed by atoms with Crippen LogP contribution < -0.4 is 5.32 Å². The van der Waals surface area contributed by atoms with Crippen molar-refractivity contribution in [2.45, 2.75) is 58.3 Å². The highest BCUT2D eigenvalue weighted by Crippen LogP contribution is 2.32. The molecule has 33 heavy (non-hydrogen) atoms. The molecule has 0 saturated heterocycles. The van der Waals surface area contributed by atoms with Crippen LogP contribution in [0.3, 0.4) is 0 Å². The van der Waals surface area contributed by atoms with Crippen molar-refractivity contribution in [2.75, 3.05) is 65.2 Å². The van der Waals surface area contributed by atoms with E-state index in [-0.39, 0.29) is 31.5 Å². The Morgan fingerprint density at radius 1 is 0.909 bits per heavy atom. The molecule has 1 fully saturated rings. The molecule has 1 rings (SSSR count). The quantitative estimate of drug-likeness (QED) is 0.211. The highest BCUT2D eigenvalue weighted by molar-refractivity contribution is 7.85. The van der Waals surface area contributed by atoms with Gasteiger partial charge in [0.2, 0.25) is 0 Å². The summed E-state index contributed by atoms with van der Waals surface area (Å²) in [5.74, 6) is -0.00423. The minimum absolute atomic E-state index is 0.0645. The maximum Gasteiger partial charge on any atom is 0.407 e. The second kappa shape index (κ2) is 15.8. The van der Waals surface area contributed by atoms with E-state index in [2.05, 4.69) is 5.32 Å². The maximum absolute atomic E-state index is 11.8. The van der Waals surface area contributed by atoms with Gasteiger partial charge in [-0.15, -0.1) is 0 Å². The van der Waals surface area contributed by atoms with Crippen LogP contribution in [0.4, 0.5) is 4.79 Å². The largest absolute Gasteiger partial charge is 0.444 e. The van der Waals surface area contributed by atoms with Crippen LogP contribution in [0.2, 0.25) is 0 Å². The molecule has 0 aromatic rings. The molecule has 1 amide bonds. The van der Waals surface area contributed by atoms with E-state index in [4.69, 9.17) is 33.0 Å². The standard InChI is InChI=1S/C21H41NO10S/c1-17(18-15-19(16-18)22-20(23)32-21(2,3)4)31-12-11-29-8-7-27-5-6-28-9-10-30-13-14-33(24,25)26/h17-19H,5-16H2,1-4H3,(H,22,23)(H,24,25,26). The van der Waals surface area contributed by atoms with Gasteiger partial charge in [0.1, 0.15) is 5.60 Å². The summed E-state index contributed by atoms with van der Waals surface area (Å²) >= 11 is 0. The smallest absolute Gasteiger partial charge is 0.407 e. The number of carbonyl (C=O) groups is 1. The predicted octanol–water partition coefficient (Wildman–Crippen LogP) is 1.65. The second-order valence-corrected chi connectivity index (χ2v) is 10.5. The molecule has 0 spiro atoms. The van der Waals surface area contributed by atoms with Crippen LogP contribution in [-0.2, 0) is 38.5 Å². The Bertz CT molecular complexity index is 631. The van der Waals surface area contributed by atoms with Crippen LogP contribution in [0.5, 0.6) is 0 Å². The monoisotopic (exact) mass is 499 g/mol. The van der Waals surface area contributed by atoms with Crippen molar-refractivity contribution in [3.8, 4) is 0 Å². The van der Waals surface area contributed by atoms with Gasteiger partial charge >= 0.3 is 6.09 Å². The topological polar surface area (TPSA) is 139 Å². The SMILES string of the molecule is CC(OCCOCCOCCOCCOCCS(=O)(=O)O)C1CC(NC(=O)OC(C)(C)C)C1. The second-order valence-electron chi connectivity index (χ2n) is 8.89. The lowest BCUT2D eigenvalue weighted by molar-refractivity contribution is -0.0471. The van der Waals surface area contributed by atoms with Gasteiger partial charge in [0.05, 0.1) is 71.3 Å². The van der Waals surface area contributed by atoms with Crippen molar-refractivity contribution in [3.05, 3.63) is 0 Å². The third-order valence-electron chi connectivity index (χ3n) is 4.77. The highest BCUT2D eigenvalue weighted by Gasteiger charge is 2.35. The molecule has 0 aliphatic heterocycles. The summed E-state index contributed by atoms with van der Waals surface area (Å²) in [6.45, 7) is 10.8. The van der Waals surface area contributed by atoms with E-state index in [9.17, 15) is 13.2 Å². The molecule has 1 aliphatic carbocycles.